The smallest absolute Gasteiger partial charge is 0.319 e. The molecule has 1 aromatic carbocycles. The number of carbonyl (C=O) groups excluding carboxylic acids is 1. The average molecular weight is 329 g/mol. The Bertz CT molecular complexity index is 558. The summed E-state index contributed by atoms with van der Waals surface area (Å²) in [5.41, 5.74) is 0.776. The van der Waals surface area contributed by atoms with Crippen LogP contribution in [0, 0.1) is 0 Å². The third-order valence-corrected chi connectivity index (χ3v) is 5.15. The van der Waals surface area contributed by atoms with Gasteiger partial charge in [-0.2, -0.15) is 0 Å². The molecule has 0 spiro atoms. The maximum absolute atomic E-state index is 12.3. The number of benzene rings is 1. The van der Waals surface area contributed by atoms with Gasteiger partial charge in [0.1, 0.15) is 5.75 Å². The van der Waals surface area contributed by atoms with Gasteiger partial charge in [0, 0.05) is 30.4 Å². The molecule has 2 aliphatic heterocycles. The third kappa shape index (κ3) is 3.90. The number of urea groups is 1. The van der Waals surface area contributed by atoms with Crippen molar-refractivity contribution in [3.05, 3.63) is 36.9 Å². The lowest BCUT2D eigenvalue weighted by atomic mass is 9.82. The number of ether oxygens (including phenoxy) is 1. The van der Waals surface area contributed by atoms with Gasteiger partial charge in [-0.05, 0) is 49.9 Å². The second-order valence-electron chi connectivity index (χ2n) is 6.72. The lowest BCUT2D eigenvalue weighted by molar-refractivity contribution is 0.0375. The Labute approximate surface area is 144 Å². The van der Waals surface area contributed by atoms with E-state index in [1.807, 2.05) is 30.3 Å². The summed E-state index contributed by atoms with van der Waals surface area (Å²) < 4.78 is 5.13. The first-order valence-electron chi connectivity index (χ1n) is 8.78. The van der Waals surface area contributed by atoms with Crippen molar-refractivity contribution < 1.29 is 9.53 Å². The van der Waals surface area contributed by atoms with E-state index in [1.165, 1.54) is 19.3 Å². The number of rotatable bonds is 5. The summed E-state index contributed by atoms with van der Waals surface area (Å²) in [4.78, 5) is 14.8. The zero-order chi connectivity index (χ0) is 16.9. The molecular weight excluding hydrogens is 302 g/mol. The van der Waals surface area contributed by atoms with Crippen LogP contribution in [0.25, 0.3) is 0 Å². The lowest BCUT2D eigenvalue weighted by Gasteiger charge is -2.48. The average Bonchev–Trinajstić information content (AvgIpc) is 2.56. The van der Waals surface area contributed by atoms with E-state index in [2.05, 4.69) is 22.1 Å². The summed E-state index contributed by atoms with van der Waals surface area (Å²) in [7, 11) is 1.63. The van der Waals surface area contributed by atoms with Gasteiger partial charge in [0.05, 0.1) is 7.11 Å². The topological polar surface area (TPSA) is 53.6 Å². The number of nitrogens with zero attached hydrogens (tertiary/aromatic N) is 1. The molecule has 2 fully saturated rings. The van der Waals surface area contributed by atoms with Crippen LogP contribution in [0.15, 0.2) is 36.9 Å². The van der Waals surface area contributed by atoms with E-state index in [1.54, 1.807) is 7.11 Å². The molecule has 0 aliphatic carbocycles. The Hall–Kier alpha value is -2.01. The second kappa shape index (κ2) is 7.71. The first kappa shape index (κ1) is 16.8. The van der Waals surface area contributed by atoms with Crippen LogP contribution in [0.2, 0.25) is 0 Å². The summed E-state index contributed by atoms with van der Waals surface area (Å²) >= 11 is 0. The predicted octanol–water partition coefficient (Wildman–Crippen LogP) is 3.39. The van der Waals surface area contributed by atoms with E-state index in [0.717, 1.165) is 30.8 Å². The van der Waals surface area contributed by atoms with Crippen molar-refractivity contribution in [3.63, 3.8) is 0 Å². The molecule has 0 saturated carbocycles. The molecule has 3 atom stereocenters. The number of amides is 2. The molecule has 3 rings (SSSR count). The standard InChI is InChI=1S/C19H27N3O2/c1-3-11-22-16-5-4-6-17(22)13-15(12-16)21-19(23)20-14-7-9-18(24-2)10-8-14/h3,7-10,15-17H,1,4-6,11-13H2,2H3,(H2,20,21,23)/t15?,16-,17+. The molecule has 1 unspecified atom stereocenters. The highest BCUT2D eigenvalue weighted by Gasteiger charge is 2.37. The number of fused-ring (bicyclic) bond motifs is 2. The molecule has 0 radical (unpaired) electrons. The van der Waals surface area contributed by atoms with Gasteiger partial charge in [-0.15, -0.1) is 6.58 Å². The van der Waals surface area contributed by atoms with Crippen LogP contribution in [0.4, 0.5) is 10.5 Å². The molecule has 2 heterocycles. The van der Waals surface area contributed by atoms with Crippen molar-refractivity contribution >= 4 is 11.7 Å². The SMILES string of the molecule is C=CCN1[C@@H]2CCC[C@H]1CC(NC(=O)Nc1ccc(OC)cc1)C2. The highest BCUT2D eigenvalue weighted by molar-refractivity contribution is 5.89. The van der Waals surface area contributed by atoms with Gasteiger partial charge in [-0.25, -0.2) is 4.79 Å². The van der Waals surface area contributed by atoms with Gasteiger partial charge in [-0.1, -0.05) is 12.5 Å². The maximum Gasteiger partial charge on any atom is 0.319 e. The van der Waals surface area contributed by atoms with Gasteiger partial charge in [-0.3, -0.25) is 4.90 Å². The van der Waals surface area contributed by atoms with E-state index in [0.29, 0.717) is 12.1 Å². The summed E-state index contributed by atoms with van der Waals surface area (Å²) in [5.74, 6) is 0.781. The number of hydrogen-bond acceptors (Lipinski definition) is 3. The van der Waals surface area contributed by atoms with E-state index < -0.39 is 0 Å². The van der Waals surface area contributed by atoms with Crippen molar-refractivity contribution in [1.29, 1.82) is 0 Å². The summed E-state index contributed by atoms with van der Waals surface area (Å²) in [6.07, 6.45) is 7.80. The molecule has 2 saturated heterocycles. The first-order chi connectivity index (χ1) is 11.7. The Balaban J connectivity index is 1.54. The quantitative estimate of drug-likeness (QED) is 0.814. The summed E-state index contributed by atoms with van der Waals surface area (Å²) in [5, 5.41) is 6.06. The van der Waals surface area contributed by atoms with Crippen LogP contribution in [0.1, 0.15) is 32.1 Å². The minimum atomic E-state index is -0.125. The van der Waals surface area contributed by atoms with Crippen LogP contribution in [0.3, 0.4) is 0 Å². The van der Waals surface area contributed by atoms with E-state index >= 15 is 0 Å². The molecule has 1 aromatic rings. The number of methoxy groups -OCH3 is 1. The second-order valence-corrected chi connectivity index (χ2v) is 6.72. The number of anilines is 1. The molecule has 5 heteroatoms. The molecule has 2 N–H and O–H groups in total. The zero-order valence-electron chi connectivity index (χ0n) is 14.3. The minimum Gasteiger partial charge on any atom is -0.497 e. The van der Waals surface area contributed by atoms with E-state index in [9.17, 15) is 4.79 Å². The molecule has 2 amide bonds. The van der Waals surface area contributed by atoms with Crippen molar-refractivity contribution in [2.45, 2.75) is 50.2 Å². The molecule has 130 valence electrons. The largest absolute Gasteiger partial charge is 0.497 e. The highest BCUT2D eigenvalue weighted by atomic mass is 16.5. The van der Waals surface area contributed by atoms with E-state index in [4.69, 9.17) is 4.74 Å². The fourth-order valence-corrected chi connectivity index (χ4v) is 4.07. The molecule has 0 aromatic heterocycles. The van der Waals surface area contributed by atoms with Gasteiger partial charge in [0.2, 0.25) is 0 Å². The monoisotopic (exact) mass is 329 g/mol. The van der Waals surface area contributed by atoms with Gasteiger partial charge in [0.15, 0.2) is 0 Å². The molecule has 2 aliphatic rings. The van der Waals surface area contributed by atoms with Crippen LogP contribution in [-0.2, 0) is 0 Å². The van der Waals surface area contributed by atoms with Crippen LogP contribution in [-0.4, -0.2) is 42.7 Å². The number of nitrogens with one attached hydrogen (secondary N) is 2. The zero-order valence-corrected chi connectivity index (χ0v) is 14.3. The highest BCUT2D eigenvalue weighted by Crippen LogP contribution is 2.33. The molecule has 5 nitrogen and oxygen atoms in total. The third-order valence-electron chi connectivity index (χ3n) is 5.15. The molecule has 2 bridgehead atoms. The Morgan fingerprint density at radius 1 is 1.29 bits per heavy atom. The van der Waals surface area contributed by atoms with Crippen molar-refractivity contribution in [1.82, 2.24) is 10.2 Å². The fraction of sp³-hybridized carbons (Fsp3) is 0.526. The lowest BCUT2D eigenvalue weighted by Crippen LogP contribution is -2.57. The van der Waals surface area contributed by atoms with Crippen LogP contribution >= 0.6 is 0 Å². The van der Waals surface area contributed by atoms with Crippen molar-refractivity contribution in [2.24, 2.45) is 0 Å². The molecule has 24 heavy (non-hydrogen) atoms. The van der Waals surface area contributed by atoms with Gasteiger partial charge >= 0.3 is 6.03 Å². The molecular formula is C19H27N3O2. The number of piperidine rings is 2. The number of hydrogen-bond donors (Lipinski definition) is 2. The van der Waals surface area contributed by atoms with Crippen LogP contribution in [0.5, 0.6) is 5.75 Å². The van der Waals surface area contributed by atoms with E-state index in [-0.39, 0.29) is 12.1 Å². The van der Waals surface area contributed by atoms with Crippen LogP contribution < -0.4 is 15.4 Å². The predicted molar refractivity (Wildman–Crippen MR) is 96.5 cm³/mol. The van der Waals surface area contributed by atoms with Gasteiger partial charge < -0.3 is 15.4 Å². The first-order valence-corrected chi connectivity index (χ1v) is 8.78. The fourth-order valence-electron chi connectivity index (χ4n) is 4.07. The Kier molecular flexibility index (Phi) is 5.41. The Morgan fingerprint density at radius 2 is 1.96 bits per heavy atom. The van der Waals surface area contributed by atoms with Gasteiger partial charge in [0.25, 0.3) is 0 Å². The minimum absolute atomic E-state index is 0.125. The Morgan fingerprint density at radius 3 is 2.54 bits per heavy atom. The normalized spacial score (nSPS) is 26.5. The summed E-state index contributed by atoms with van der Waals surface area (Å²) in [6.45, 7) is 4.84. The van der Waals surface area contributed by atoms with Crippen molar-refractivity contribution in [3.8, 4) is 5.75 Å². The number of carbonyl (C=O) groups is 1. The van der Waals surface area contributed by atoms with Crippen molar-refractivity contribution in [2.75, 3.05) is 19.0 Å². The summed E-state index contributed by atoms with van der Waals surface area (Å²) in [6, 6.07) is 8.64. The maximum atomic E-state index is 12.3.